The molecule has 1 N–H and O–H groups in total. The number of hydrogen-bond donors (Lipinski definition) is 1. The number of benzene rings is 1. The zero-order valence-corrected chi connectivity index (χ0v) is 16.3. The highest BCUT2D eigenvalue weighted by molar-refractivity contribution is 7.99. The second kappa shape index (κ2) is 8.39. The van der Waals surface area contributed by atoms with Gasteiger partial charge in [0.15, 0.2) is 5.16 Å². The minimum atomic E-state index is -4.48. The SMILES string of the molecule is CN1CCN(c2ccc(C(F)(F)F)cc2NC(=O)CSc2nncn2C)CC1. The van der Waals surface area contributed by atoms with E-state index >= 15 is 0 Å². The number of aryl methyl sites for hydroxylation is 1. The second-order valence-electron chi connectivity index (χ2n) is 6.58. The largest absolute Gasteiger partial charge is 0.416 e. The average molecular weight is 414 g/mol. The van der Waals surface area contributed by atoms with Crippen molar-refractivity contribution in [1.29, 1.82) is 0 Å². The first kappa shape index (κ1) is 20.5. The molecule has 0 atom stereocenters. The zero-order chi connectivity index (χ0) is 20.3. The molecule has 1 fully saturated rings. The third-order valence-electron chi connectivity index (χ3n) is 4.44. The lowest BCUT2D eigenvalue weighted by Crippen LogP contribution is -2.44. The Hall–Kier alpha value is -2.27. The maximum Gasteiger partial charge on any atom is 0.416 e. The molecule has 1 aromatic carbocycles. The van der Waals surface area contributed by atoms with Gasteiger partial charge in [-0.3, -0.25) is 4.79 Å². The summed E-state index contributed by atoms with van der Waals surface area (Å²) in [5.41, 5.74) is -0.0253. The summed E-state index contributed by atoms with van der Waals surface area (Å²) in [5, 5.41) is 10.8. The van der Waals surface area contributed by atoms with Gasteiger partial charge in [0.05, 0.1) is 22.7 Å². The van der Waals surface area contributed by atoms with Gasteiger partial charge in [-0.1, -0.05) is 11.8 Å². The summed E-state index contributed by atoms with van der Waals surface area (Å²) in [6, 6.07) is 3.48. The van der Waals surface area contributed by atoms with Crippen LogP contribution in [-0.2, 0) is 18.0 Å². The van der Waals surface area contributed by atoms with E-state index in [0.29, 0.717) is 23.9 Å². The van der Waals surface area contributed by atoms with E-state index in [0.717, 1.165) is 25.2 Å². The lowest BCUT2D eigenvalue weighted by atomic mass is 10.1. The molecule has 2 heterocycles. The predicted octanol–water partition coefficient (Wildman–Crippen LogP) is 2.32. The summed E-state index contributed by atoms with van der Waals surface area (Å²) in [4.78, 5) is 16.5. The molecule has 1 amide bonds. The van der Waals surface area contributed by atoms with Crippen LogP contribution >= 0.6 is 11.8 Å². The van der Waals surface area contributed by atoms with Crippen LogP contribution in [0.2, 0.25) is 0 Å². The van der Waals surface area contributed by atoms with E-state index in [2.05, 4.69) is 20.4 Å². The smallest absolute Gasteiger partial charge is 0.367 e. The van der Waals surface area contributed by atoms with Crippen molar-refractivity contribution in [2.75, 3.05) is 49.2 Å². The van der Waals surface area contributed by atoms with Gasteiger partial charge in [0.25, 0.3) is 0 Å². The van der Waals surface area contributed by atoms with E-state index in [9.17, 15) is 18.0 Å². The Kier molecular flexibility index (Phi) is 6.14. The van der Waals surface area contributed by atoms with Crippen LogP contribution in [0.4, 0.5) is 24.5 Å². The van der Waals surface area contributed by atoms with Gasteiger partial charge in [0, 0.05) is 33.2 Å². The van der Waals surface area contributed by atoms with Gasteiger partial charge in [-0.15, -0.1) is 10.2 Å². The minimum Gasteiger partial charge on any atom is -0.367 e. The topological polar surface area (TPSA) is 66.3 Å². The molecule has 1 aliphatic rings. The van der Waals surface area contributed by atoms with E-state index in [1.54, 1.807) is 11.6 Å². The normalized spacial score (nSPS) is 15.7. The monoisotopic (exact) mass is 414 g/mol. The highest BCUT2D eigenvalue weighted by atomic mass is 32.2. The van der Waals surface area contributed by atoms with Crippen molar-refractivity contribution in [1.82, 2.24) is 19.7 Å². The number of aromatic nitrogens is 3. The summed E-state index contributed by atoms with van der Waals surface area (Å²) in [6.07, 6.45) is -2.97. The van der Waals surface area contributed by atoms with Crippen molar-refractivity contribution in [2.45, 2.75) is 11.3 Å². The van der Waals surface area contributed by atoms with E-state index in [-0.39, 0.29) is 11.4 Å². The van der Waals surface area contributed by atoms with Gasteiger partial charge in [-0.2, -0.15) is 13.2 Å². The maximum absolute atomic E-state index is 13.2. The molecule has 28 heavy (non-hydrogen) atoms. The number of rotatable bonds is 5. The fraction of sp³-hybridized carbons (Fsp3) is 0.471. The molecule has 7 nitrogen and oxygen atoms in total. The Balaban J connectivity index is 1.77. The molecule has 152 valence electrons. The molecule has 0 radical (unpaired) electrons. The van der Waals surface area contributed by atoms with Crippen LogP contribution < -0.4 is 10.2 Å². The van der Waals surface area contributed by atoms with Crippen LogP contribution in [0.1, 0.15) is 5.56 Å². The number of nitrogens with zero attached hydrogens (tertiary/aromatic N) is 5. The summed E-state index contributed by atoms with van der Waals surface area (Å²) >= 11 is 1.17. The van der Waals surface area contributed by atoms with E-state index in [1.807, 2.05) is 11.9 Å². The summed E-state index contributed by atoms with van der Waals surface area (Å²) < 4.78 is 41.1. The minimum absolute atomic E-state index is 0.0188. The number of nitrogens with one attached hydrogen (secondary N) is 1. The molecule has 0 unspecified atom stereocenters. The Morgan fingerprint density at radius 1 is 1.21 bits per heavy atom. The predicted molar refractivity (Wildman–Crippen MR) is 102 cm³/mol. The fourth-order valence-electron chi connectivity index (χ4n) is 2.86. The molecule has 0 spiro atoms. The molecule has 1 saturated heterocycles. The summed E-state index contributed by atoms with van der Waals surface area (Å²) in [7, 11) is 3.75. The first-order valence-electron chi connectivity index (χ1n) is 8.65. The molecular formula is C17H21F3N6OS. The van der Waals surface area contributed by atoms with Gasteiger partial charge in [-0.25, -0.2) is 0 Å². The van der Waals surface area contributed by atoms with Crippen LogP contribution in [0.15, 0.2) is 29.7 Å². The molecule has 3 rings (SSSR count). The number of amides is 1. The Morgan fingerprint density at radius 3 is 2.54 bits per heavy atom. The van der Waals surface area contributed by atoms with Crippen molar-refractivity contribution in [2.24, 2.45) is 7.05 Å². The number of alkyl halides is 3. The number of carbonyl (C=O) groups is 1. The average Bonchev–Trinajstić information content (AvgIpc) is 3.05. The molecule has 1 aliphatic heterocycles. The van der Waals surface area contributed by atoms with Gasteiger partial charge < -0.3 is 19.7 Å². The number of piperazine rings is 1. The van der Waals surface area contributed by atoms with Gasteiger partial charge in [0.1, 0.15) is 6.33 Å². The molecule has 2 aromatic rings. The van der Waals surface area contributed by atoms with Crippen LogP contribution in [-0.4, -0.2) is 64.6 Å². The van der Waals surface area contributed by atoms with E-state index in [1.165, 1.54) is 24.2 Å². The van der Waals surface area contributed by atoms with E-state index in [4.69, 9.17) is 0 Å². The first-order valence-corrected chi connectivity index (χ1v) is 9.64. The number of anilines is 2. The number of thioether (sulfide) groups is 1. The lowest BCUT2D eigenvalue weighted by Gasteiger charge is -2.35. The van der Waals surface area contributed by atoms with Crippen LogP contribution in [0.25, 0.3) is 0 Å². The molecule has 0 bridgehead atoms. The van der Waals surface area contributed by atoms with Crippen LogP contribution in [0, 0.1) is 0 Å². The third kappa shape index (κ3) is 4.96. The van der Waals surface area contributed by atoms with Crippen molar-refractivity contribution < 1.29 is 18.0 Å². The number of hydrogen-bond acceptors (Lipinski definition) is 6. The van der Waals surface area contributed by atoms with Crippen LogP contribution in [0.3, 0.4) is 0 Å². The van der Waals surface area contributed by atoms with Gasteiger partial charge in [0.2, 0.25) is 5.91 Å². The second-order valence-corrected chi connectivity index (χ2v) is 7.52. The zero-order valence-electron chi connectivity index (χ0n) is 15.5. The van der Waals surface area contributed by atoms with Crippen molar-refractivity contribution >= 4 is 29.0 Å². The van der Waals surface area contributed by atoms with Crippen molar-refractivity contribution in [3.05, 3.63) is 30.1 Å². The fourth-order valence-corrected chi connectivity index (χ4v) is 3.54. The van der Waals surface area contributed by atoms with E-state index < -0.39 is 17.6 Å². The Morgan fingerprint density at radius 2 is 1.93 bits per heavy atom. The highest BCUT2D eigenvalue weighted by Gasteiger charge is 2.32. The highest BCUT2D eigenvalue weighted by Crippen LogP contribution is 2.36. The number of halogens is 3. The maximum atomic E-state index is 13.2. The molecule has 0 saturated carbocycles. The number of likely N-dealkylation sites (N-methyl/N-ethyl adjacent to an activating group) is 1. The van der Waals surface area contributed by atoms with Crippen molar-refractivity contribution in [3.8, 4) is 0 Å². The Labute approximate surface area is 164 Å². The molecule has 0 aliphatic carbocycles. The third-order valence-corrected chi connectivity index (χ3v) is 5.48. The van der Waals surface area contributed by atoms with Gasteiger partial charge in [-0.05, 0) is 25.2 Å². The summed E-state index contributed by atoms with van der Waals surface area (Å²) in [6.45, 7) is 2.96. The first-order chi connectivity index (χ1) is 13.2. The molecule has 11 heteroatoms. The molecule has 1 aromatic heterocycles. The summed E-state index contributed by atoms with van der Waals surface area (Å²) in [5.74, 6) is -0.381. The quantitative estimate of drug-likeness (QED) is 0.758. The molecular weight excluding hydrogens is 393 g/mol. The lowest BCUT2D eigenvalue weighted by molar-refractivity contribution is -0.137. The van der Waals surface area contributed by atoms with Crippen molar-refractivity contribution in [3.63, 3.8) is 0 Å². The Bertz CT molecular complexity index is 833. The standard InChI is InChI=1S/C17H21F3N6OS/c1-24-5-7-26(8-6-24)14-4-3-12(17(18,19)20)9-13(14)22-15(27)10-28-16-23-21-11-25(16)2/h3-4,9,11H,5-8,10H2,1-2H3,(H,22,27). The van der Waals surface area contributed by atoms with Gasteiger partial charge >= 0.3 is 6.18 Å². The van der Waals surface area contributed by atoms with Crippen LogP contribution in [0.5, 0.6) is 0 Å². The number of carbonyl (C=O) groups excluding carboxylic acids is 1.